The van der Waals surface area contributed by atoms with Crippen molar-refractivity contribution in [1.82, 2.24) is 4.98 Å². The van der Waals surface area contributed by atoms with E-state index in [9.17, 15) is 0 Å². The van der Waals surface area contributed by atoms with Crippen LogP contribution in [0.25, 0.3) is 11.3 Å². The summed E-state index contributed by atoms with van der Waals surface area (Å²) in [6.45, 7) is 2.05. The number of nitrogens with zero attached hydrogens (tertiary/aromatic N) is 1. The molecule has 0 saturated heterocycles. The summed E-state index contributed by atoms with van der Waals surface area (Å²) in [7, 11) is 0. The van der Waals surface area contributed by atoms with E-state index in [2.05, 4.69) is 49.8 Å². The van der Waals surface area contributed by atoms with Crippen LogP contribution in [0.2, 0.25) is 0 Å². The van der Waals surface area contributed by atoms with Crippen LogP contribution in [0.4, 0.5) is 0 Å². The van der Waals surface area contributed by atoms with Crippen molar-refractivity contribution in [2.45, 2.75) is 12.3 Å². The van der Waals surface area contributed by atoms with Gasteiger partial charge >= 0.3 is 0 Å². The first-order valence-electron chi connectivity index (χ1n) is 4.48. The van der Waals surface area contributed by atoms with Gasteiger partial charge in [0.2, 0.25) is 0 Å². The number of hydrogen-bond acceptors (Lipinski definition) is 2. The number of halogens is 2. The van der Waals surface area contributed by atoms with E-state index in [-0.39, 0.29) is 0 Å². The van der Waals surface area contributed by atoms with E-state index < -0.39 is 0 Å². The van der Waals surface area contributed by atoms with Crippen molar-refractivity contribution in [1.29, 1.82) is 0 Å². The molecule has 0 bridgehead atoms. The second kappa shape index (κ2) is 4.49. The van der Waals surface area contributed by atoms with Crippen molar-refractivity contribution in [3.8, 4) is 11.3 Å². The third-order valence-electron chi connectivity index (χ3n) is 2.20. The van der Waals surface area contributed by atoms with E-state index in [1.54, 1.807) is 0 Å². The van der Waals surface area contributed by atoms with Crippen molar-refractivity contribution < 1.29 is 4.42 Å². The smallest absolute Gasteiger partial charge is 0.181 e. The van der Waals surface area contributed by atoms with Gasteiger partial charge in [-0.25, -0.2) is 4.98 Å². The highest BCUT2D eigenvalue weighted by molar-refractivity contribution is 9.10. The van der Waals surface area contributed by atoms with E-state index in [1.807, 2.05) is 12.1 Å². The molecule has 0 radical (unpaired) electrons. The molecule has 0 unspecified atom stereocenters. The van der Waals surface area contributed by atoms with Gasteiger partial charge in [-0.05, 0) is 28.4 Å². The average molecular weight is 331 g/mol. The van der Waals surface area contributed by atoms with Gasteiger partial charge in [0.15, 0.2) is 12.2 Å². The molecule has 15 heavy (non-hydrogen) atoms. The van der Waals surface area contributed by atoms with Crippen LogP contribution in [0.5, 0.6) is 0 Å². The van der Waals surface area contributed by atoms with Gasteiger partial charge in [-0.15, -0.1) is 0 Å². The first-order chi connectivity index (χ1) is 7.24. The zero-order valence-electron chi connectivity index (χ0n) is 8.13. The molecule has 1 aromatic carbocycles. The van der Waals surface area contributed by atoms with Gasteiger partial charge in [0.05, 0.1) is 5.69 Å². The first-order valence-corrected chi connectivity index (χ1v) is 6.39. The average Bonchev–Trinajstić information content (AvgIpc) is 2.70. The number of hydrogen-bond donors (Lipinski definition) is 0. The van der Waals surface area contributed by atoms with Crippen molar-refractivity contribution >= 4 is 31.9 Å². The molecule has 2 rings (SSSR count). The van der Waals surface area contributed by atoms with Gasteiger partial charge in [0, 0.05) is 15.4 Å². The quantitative estimate of drug-likeness (QED) is 0.767. The molecule has 0 aliphatic rings. The second-order valence-electron chi connectivity index (χ2n) is 3.20. The third-order valence-corrected chi connectivity index (χ3v) is 3.79. The Balaban J connectivity index is 2.59. The monoisotopic (exact) mass is 329 g/mol. The Kier molecular flexibility index (Phi) is 3.26. The highest BCUT2D eigenvalue weighted by atomic mass is 79.9. The lowest BCUT2D eigenvalue weighted by molar-refractivity contribution is 0.571. The summed E-state index contributed by atoms with van der Waals surface area (Å²) >= 11 is 6.95. The van der Waals surface area contributed by atoms with Crippen molar-refractivity contribution in [2.24, 2.45) is 0 Å². The van der Waals surface area contributed by atoms with Gasteiger partial charge in [-0.1, -0.05) is 34.1 Å². The van der Waals surface area contributed by atoms with Crippen LogP contribution >= 0.6 is 31.9 Å². The lowest BCUT2D eigenvalue weighted by atomic mass is 10.1. The Morgan fingerprint density at radius 1 is 1.40 bits per heavy atom. The van der Waals surface area contributed by atoms with Crippen LogP contribution in [0, 0.1) is 6.92 Å². The maximum absolute atomic E-state index is 5.41. The molecule has 0 aliphatic carbocycles. The van der Waals surface area contributed by atoms with Gasteiger partial charge in [0.25, 0.3) is 0 Å². The van der Waals surface area contributed by atoms with Gasteiger partial charge in [0.1, 0.15) is 0 Å². The van der Waals surface area contributed by atoms with Gasteiger partial charge in [-0.2, -0.15) is 0 Å². The van der Waals surface area contributed by atoms with E-state index >= 15 is 0 Å². The maximum Gasteiger partial charge on any atom is 0.181 e. The minimum atomic E-state index is 0.694. The van der Waals surface area contributed by atoms with E-state index in [4.69, 9.17) is 4.42 Å². The maximum atomic E-state index is 5.41. The van der Waals surface area contributed by atoms with Gasteiger partial charge < -0.3 is 4.42 Å². The lowest BCUT2D eigenvalue weighted by Crippen LogP contribution is -1.86. The van der Waals surface area contributed by atoms with Crippen LogP contribution < -0.4 is 0 Å². The zero-order valence-corrected chi connectivity index (χ0v) is 11.3. The molecule has 4 heteroatoms. The topological polar surface area (TPSA) is 26.0 Å². The molecule has 0 fully saturated rings. The van der Waals surface area contributed by atoms with Crippen LogP contribution in [-0.2, 0) is 5.33 Å². The Hall–Kier alpha value is -0.610. The summed E-state index contributed by atoms with van der Waals surface area (Å²) in [5.74, 6) is 0.822. The summed E-state index contributed by atoms with van der Waals surface area (Å²) in [6.07, 6.45) is 1.47. The van der Waals surface area contributed by atoms with Crippen molar-refractivity contribution in [3.63, 3.8) is 0 Å². The highest BCUT2D eigenvalue weighted by Crippen LogP contribution is 2.33. The molecule has 1 heterocycles. The van der Waals surface area contributed by atoms with Crippen LogP contribution in [0.3, 0.4) is 0 Å². The minimum Gasteiger partial charge on any atom is -0.443 e. The third kappa shape index (κ3) is 2.01. The summed E-state index contributed by atoms with van der Waals surface area (Å²) in [5.41, 5.74) is 3.15. The standard InChI is InChI=1S/C11H9Br2NO/c1-7-3-2-4-8(10(7)13)11-9(5-12)14-6-15-11/h2-4,6H,5H2,1H3. The van der Waals surface area contributed by atoms with E-state index in [0.29, 0.717) is 5.33 Å². The molecular weight excluding hydrogens is 322 g/mol. The predicted molar refractivity (Wildman–Crippen MR) is 67.0 cm³/mol. The molecule has 2 nitrogen and oxygen atoms in total. The fraction of sp³-hybridized carbons (Fsp3) is 0.182. The molecule has 78 valence electrons. The molecule has 2 aromatic rings. The largest absolute Gasteiger partial charge is 0.443 e. The first kappa shape index (κ1) is 10.9. The van der Waals surface area contributed by atoms with Crippen LogP contribution in [0.15, 0.2) is 33.5 Å². The van der Waals surface area contributed by atoms with Crippen molar-refractivity contribution in [2.75, 3.05) is 0 Å². The predicted octanol–water partition coefficient (Wildman–Crippen LogP) is 4.31. The number of alkyl halides is 1. The molecule has 0 N–H and O–H groups in total. The number of aryl methyl sites for hydroxylation is 1. The second-order valence-corrected chi connectivity index (χ2v) is 4.55. The lowest BCUT2D eigenvalue weighted by Gasteiger charge is -2.04. The molecule has 0 amide bonds. The minimum absolute atomic E-state index is 0.694. The molecule has 0 spiro atoms. The number of oxazole rings is 1. The molecule has 0 aliphatic heterocycles. The highest BCUT2D eigenvalue weighted by Gasteiger charge is 2.13. The Morgan fingerprint density at radius 3 is 2.93 bits per heavy atom. The Labute approximate surface area is 105 Å². The van der Waals surface area contributed by atoms with E-state index in [1.165, 1.54) is 12.0 Å². The van der Waals surface area contributed by atoms with Crippen molar-refractivity contribution in [3.05, 3.63) is 40.3 Å². The number of benzene rings is 1. The van der Waals surface area contributed by atoms with E-state index in [0.717, 1.165) is 21.5 Å². The fourth-order valence-electron chi connectivity index (χ4n) is 1.41. The summed E-state index contributed by atoms with van der Waals surface area (Å²) in [6, 6.07) is 6.08. The Bertz CT molecular complexity index is 479. The summed E-state index contributed by atoms with van der Waals surface area (Å²) in [4.78, 5) is 4.15. The summed E-state index contributed by atoms with van der Waals surface area (Å²) in [5, 5.41) is 0.694. The summed E-state index contributed by atoms with van der Waals surface area (Å²) < 4.78 is 6.47. The molecular formula is C11H9Br2NO. The Morgan fingerprint density at radius 2 is 2.20 bits per heavy atom. The van der Waals surface area contributed by atoms with Crippen LogP contribution in [0.1, 0.15) is 11.3 Å². The molecule has 1 aromatic heterocycles. The number of aromatic nitrogens is 1. The fourth-order valence-corrected chi connectivity index (χ4v) is 2.25. The molecule has 0 saturated carbocycles. The zero-order chi connectivity index (χ0) is 10.8. The number of rotatable bonds is 2. The van der Waals surface area contributed by atoms with Gasteiger partial charge in [-0.3, -0.25) is 0 Å². The normalized spacial score (nSPS) is 10.6. The molecule has 0 atom stereocenters. The SMILES string of the molecule is Cc1cccc(-c2ocnc2CBr)c1Br. The van der Waals surface area contributed by atoms with Crippen LogP contribution in [-0.4, -0.2) is 4.98 Å².